The Kier molecular flexibility index (Phi) is 5.14. The molecule has 0 spiro atoms. The number of rotatable bonds is 7. The molecule has 4 heteroatoms. The van der Waals surface area contributed by atoms with Crippen molar-refractivity contribution in [2.45, 2.75) is 26.7 Å². The highest BCUT2D eigenvalue weighted by atomic mass is 16.4. The van der Waals surface area contributed by atoms with E-state index in [4.69, 9.17) is 5.11 Å². The van der Waals surface area contributed by atoms with Crippen LogP contribution in [-0.4, -0.2) is 22.6 Å². The van der Waals surface area contributed by atoms with Crippen molar-refractivity contribution in [3.05, 3.63) is 36.4 Å². The molecule has 0 bridgehead atoms. The van der Waals surface area contributed by atoms with Gasteiger partial charge in [-0.25, -0.2) is 4.98 Å². The Morgan fingerprint density at radius 3 is 2.71 bits per heavy atom. The van der Waals surface area contributed by atoms with Gasteiger partial charge >= 0.3 is 5.97 Å². The van der Waals surface area contributed by atoms with E-state index in [2.05, 4.69) is 24.1 Å². The Balaban J connectivity index is 2.02. The van der Waals surface area contributed by atoms with E-state index in [1.54, 1.807) is 0 Å². The van der Waals surface area contributed by atoms with Crippen LogP contribution in [0.5, 0.6) is 0 Å². The topological polar surface area (TPSA) is 62.2 Å². The maximum Gasteiger partial charge on any atom is 0.303 e. The molecule has 0 saturated carbocycles. The minimum Gasteiger partial charge on any atom is -0.481 e. The van der Waals surface area contributed by atoms with Crippen molar-refractivity contribution >= 4 is 22.7 Å². The van der Waals surface area contributed by atoms with Crippen LogP contribution in [0.2, 0.25) is 0 Å². The Labute approximate surface area is 125 Å². The van der Waals surface area contributed by atoms with Crippen LogP contribution >= 0.6 is 0 Å². The normalized spacial score (nSPS) is 12.5. The Hall–Kier alpha value is -2.10. The summed E-state index contributed by atoms with van der Waals surface area (Å²) in [6.45, 7) is 4.86. The summed E-state index contributed by atoms with van der Waals surface area (Å²) in [7, 11) is 0. The van der Waals surface area contributed by atoms with Crippen molar-refractivity contribution in [3.63, 3.8) is 0 Å². The second kappa shape index (κ2) is 7.07. The standard InChI is InChI=1S/C17H22N2O2/c1-12(2)9-13(10-17(20)21)11-18-16-8-7-14-5-3-4-6-15(14)19-16/h3-8,12-13H,9-11H2,1-2H3,(H,18,19)(H,20,21). The molecule has 2 N–H and O–H groups in total. The van der Waals surface area contributed by atoms with E-state index in [0.717, 1.165) is 23.1 Å². The number of hydrogen-bond acceptors (Lipinski definition) is 3. The van der Waals surface area contributed by atoms with Crippen LogP contribution in [-0.2, 0) is 4.79 Å². The molecule has 0 amide bonds. The van der Waals surface area contributed by atoms with Gasteiger partial charge in [-0.05, 0) is 36.5 Å². The number of pyridine rings is 1. The monoisotopic (exact) mass is 286 g/mol. The summed E-state index contributed by atoms with van der Waals surface area (Å²) in [4.78, 5) is 15.5. The SMILES string of the molecule is CC(C)CC(CNc1ccc2ccccc2n1)CC(=O)O. The minimum absolute atomic E-state index is 0.121. The highest BCUT2D eigenvalue weighted by Crippen LogP contribution is 2.18. The molecule has 2 rings (SSSR count). The minimum atomic E-state index is -0.742. The molecule has 4 nitrogen and oxygen atoms in total. The first-order chi connectivity index (χ1) is 10.0. The predicted molar refractivity (Wildman–Crippen MR) is 85.4 cm³/mol. The van der Waals surface area contributed by atoms with Gasteiger partial charge < -0.3 is 10.4 Å². The number of carboxylic acid groups (broad SMARTS) is 1. The van der Waals surface area contributed by atoms with Crippen LogP contribution in [0.1, 0.15) is 26.7 Å². The summed E-state index contributed by atoms with van der Waals surface area (Å²) in [5.41, 5.74) is 0.946. The Morgan fingerprint density at radius 2 is 2.00 bits per heavy atom. The Bertz CT molecular complexity index is 611. The van der Waals surface area contributed by atoms with E-state index in [-0.39, 0.29) is 12.3 Å². The number of carbonyl (C=O) groups is 1. The van der Waals surface area contributed by atoms with Gasteiger partial charge in [0.05, 0.1) is 5.52 Å². The summed E-state index contributed by atoms with van der Waals surface area (Å²) >= 11 is 0. The molecule has 0 radical (unpaired) electrons. The number of hydrogen-bond donors (Lipinski definition) is 2. The number of para-hydroxylation sites is 1. The van der Waals surface area contributed by atoms with Gasteiger partial charge in [-0.1, -0.05) is 32.0 Å². The zero-order valence-electron chi connectivity index (χ0n) is 12.5. The second-order valence-corrected chi connectivity index (χ2v) is 5.86. The lowest BCUT2D eigenvalue weighted by Crippen LogP contribution is -2.20. The second-order valence-electron chi connectivity index (χ2n) is 5.86. The molecular formula is C17H22N2O2. The molecule has 1 aromatic heterocycles. The third-order valence-corrected chi connectivity index (χ3v) is 3.44. The van der Waals surface area contributed by atoms with E-state index >= 15 is 0 Å². The van der Waals surface area contributed by atoms with Gasteiger partial charge in [0.25, 0.3) is 0 Å². The van der Waals surface area contributed by atoms with Crippen LogP contribution < -0.4 is 5.32 Å². The lowest BCUT2D eigenvalue weighted by molar-refractivity contribution is -0.138. The number of aliphatic carboxylic acids is 1. The summed E-state index contributed by atoms with van der Waals surface area (Å²) in [6, 6.07) is 11.9. The van der Waals surface area contributed by atoms with Crippen LogP contribution in [0.4, 0.5) is 5.82 Å². The van der Waals surface area contributed by atoms with Crippen molar-refractivity contribution < 1.29 is 9.90 Å². The average molecular weight is 286 g/mol. The third-order valence-electron chi connectivity index (χ3n) is 3.44. The van der Waals surface area contributed by atoms with Crippen molar-refractivity contribution in [2.24, 2.45) is 11.8 Å². The van der Waals surface area contributed by atoms with Crippen LogP contribution in [0.3, 0.4) is 0 Å². The molecule has 2 aromatic rings. The van der Waals surface area contributed by atoms with Crippen molar-refractivity contribution in [1.82, 2.24) is 4.98 Å². The van der Waals surface area contributed by atoms with Crippen molar-refractivity contribution in [1.29, 1.82) is 0 Å². The van der Waals surface area contributed by atoms with Gasteiger partial charge in [-0.15, -0.1) is 0 Å². The molecule has 0 aliphatic carbocycles. The van der Waals surface area contributed by atoms with Crippen LogP contribution in [0.25, 0.3) is 10.9 Å². The van der Waals surface area contributed by atoms with Crippen molar-refractivity contribution in [3.8, 4) is 0 Å². The third kappa shape index (κ3) is 4.74. The molecule has 1 atom stereocenters. The lowest BCUT2D eigenvalue weighted by atomic mass is 9.94. The lowest BCUT2D eigenvalue weighted by Gasteiger charge is -2.18. The molecule has 0 aliphatic heterocycles. The fourth-order valence-electron chi connectivity index (χ4n) is 2.57. The smallest absolute Gasteiger partial charge is 0.303 e. The quantitative estimate of drug-likeness (QED) is 0.813. The number of fused-ring (bicyclic) bond motifs is 1. The fraction of sp³-hybridized carbons (Fsp3) is 0.412. The maximum absolute atomic E-state index is 10.9. The van der Waals surface area contributed by atoms with E-state index in [0.29, 0.717) is 12.5 Å². The molecule has 0 saturated heterocycles. The number of nitrogens with one attached hydrogen (secondary N) is 1. The van der Waals surface area contributed by atoms with Gasteiger partial charge in [-0.2, -0.15) is 0 Å². The highest BCUT2D eigenvalue weighted by molar-refractivity contribution is 5.80. The van der Waals surface area contributed by atoms with Gasteiger partial charge in [-0.3, -0.25) is 4.79 Å². The Morgan fingerprint density at radius 1 is 1.24 bits per heavy atom. The number of carboxylic acids is 1. The van der Waals surface area contributed by atoms with Crippen LogP contribution in [0, 0.1) is 11.8 Å². The van der Waals surface area contributed by atoms with Gasteiger partial charge in [0.1, 0.15) is 5.82 Å². The molecule has 1 heterocycles. The van der Waals surface area contributed by atoms with E-state index < -0.39 is 5.97 Å². The fourth-order valence-corrected chi connectivity index (χ4v) is 2.57. The van der Waals surface area contributed by atoms with E-state index in [1.165, 1.54) is 0 Å². The largest absolute Gasteiger partial charge is 0.481 e. The molecule has 1 aromatic carbocycles. The highest BCUT2D eigenvalue weighted by Gasteiger charge is 2.15. The van der Waals surface area contributed by atoms with E-state index in [1.807, 2.05) is 36.4 Å². The molecule has 0 fully saturated rings. The number of aromatic nitrogens is 1. The number of anilines is 1. The summed E-state index contributed by atoms with van der Waals surface area (Å²) in [6.07, 6.45) is 1.09. The van der Waals surface area contributed by atoms with Gasteiger partial charge in [0.15, 0.2) is 0 Å². The number of nitrogens with zero attached hydrogens (tertiary/aromatic N) is 1. The molecule has 112 valence electrons. The zero-order chi connectivity index (χ0) is 15.2. The van der Waals surface area contributed by atoms with E-state index in [9.17, 15) is 4.79 Å². The summed E-state index contributed by atoms with van der Waals surface area (Å²) in [5, 5.41) is 13.4. The molecule has 1 unspecified atom stereocenters. The maximum atomic E-state index is 10.9. The molecule has 21 heavy (non-hydrogen) atoms. The summed E-state index contributed by atoms with van der Waals surface area (Å²) in [5.74, 6) is 0.665. The van der Waals surface area contributed by atoms with Gasteiger partial charge in [0, 0.05) is 18.4 Å². The first-order valence-electron chi connectivity index (χ1n) is 7.36. The first kappa shape index (κ1) is 15.3. The predicted octanol–water partition coefficient (Wildman–Crippen LogP) is 3.78. The zero-order valence-corrected chi connectivity index (χ0v) is 12.5. The average Bonchev–Trinajstić information content (AvgIpc) is 2.43. The number of benzene rings is 1. The van der Waals surface area contributed by atoms with Crippen LogP contribution in [0.15, 0.2) is 36.4 Å². The summed E-state index contributed by atoms with van der Waals surface area (Å²) < 4.78 is 0. The van der Waals surface area contributed by atoms with Gasteiger partial charge in [0.2, 0.25) is 0 Å². The molecule has 0 aliphatic rings. The molecular weight excluding hydrogens is 264 g/mol. The van der Waals surface area contributed by atoms with Crippen molar-refractivity contribution in [2.75, 3.05) is 11.9 Å². The first-order valence-corrected chi connectivity index (χ1v) is 7.36.